The third-order valence-electron chi connectivity index (χ3n) is 4.40. The number of halogens is 3. The summed E-state index contributed by atoms with van der Waals surface area (Å²) in [6.45, 7) is 5.56. The van der Waals surface area contributed by atoms with Crippen molar-refractivity contribution in [3.8, 4) is 5.75 Å². The van der Waals surface area contributed by atoms with Gasteiger partial charge in [-0.1, -0.05) is 25.5 Å². The van der Waals surface area contributed by atoms with Gasteiger partial charge in [-0.15, -0.1) is 13.2 Å². The van der Waals surface area contributed by atoms with Gasteiger partial charge < -0.3 is 15.0 Å². The van der Waals surface area contributed by atoms with Crippen molar-refractivity contribution in [1.82, 2.24) is 10.2 Å². The Morgan fingerprint density at radius 2 is 2.17 bits per heavy atom. The normalized spacial score (nSPS) is 21.6. The number of amides is 1. The van der Waals surface area contributed by atoms with E-state index in [1.165, 1.54) is 12.1 Å². The second-order valence-electron chi connectivity index (χ2n) is 6.10. The van der Waals surface area contributed by atoms with E-state index in [-0.39, 0.29) is 17.7 Å². The second kappa shape index (κ2) is 7.88. The summed E-state index contributed by atoms with van der Waals surface area (Å²) in [6, 6.07) is 6.25. The summed E-state index contributed by atoms with van der Waals surface area (Å²) in [5.41, 5.74) is 0.737. The summed E-state index contributed by atoms with van der Waals surface area (Å²) in [4.78, 5) is 13.3. The van der Waals surface area contributed by atoms with Crippen LogP contribution in [0.15, 0.2) is 24.3 Å². The molecule has 1 aromatic carbocycles. The standard InChI is InChI=1S/C17H23F3N2O2/c1-3-14-11-22(12(2)23)8-7-16(14)21-10-13-5-4-6-15(9-13)24-17(18,19)20/h4-6,9,14,16,21H,3,7-8,10-11H2,1-2H3/t14-,16+/m0/s1. The molecule has 1 N–H and O–H groups in total. The largest absolute Gasteiger partial charge is 0.573 e. The lowest BCUT2D eigenvalue weighted by Gasteiger charge is -2.38. The maximum atomic E-state index is 12.3. The average Bonchev–Trinajstić information content (AvgIpc) is 2.51. The lowest BCUT2D eigenvalue weighted by Crippen LogP contribution is -2.50. The first-order chi connectivity index (χ1) is 11.3. The summed E-state index contributed by atoms with van der Waals surface area (Å²) in [5.74, 6) is 0.224. The summed E-state index contributed by atoms with van der Waals surface area (Å²) >= 11 is 0. The minimum atomic E-state index is -4.68. The van der Waals surface area contributed by atoms with Gasteiger partial charge in [0, 0.05) is 32.6 Å². The molecular weight excluding hydrogens is 321 g/mol. The minimum Gasteiger partial charge on any atom is -0.406 e. The van der Waals surface area contributed by atoms with Crippen LogP contribution in [0.1, 0.15) is 32.3 Å². The fourth-order valence-corrected chi connectivity index (χ4v) is 3.10. The number of piperidine rings is 1. The van der Waals surface area contributed by atoms with Crippen molar-refractivity contribution in [1.29, 1.82) is 0 Å². The Balaban J connectivity index is 1.93. The summed E-state index contributed by atoms with van der Waals surface area (Å²) < 4.78 is 40.8. The second-order valence-corrected chi connectivity index (χ2v) is 6.10. The maximum Gasteiger partial charge on any atom is 0.573 e. The van der Waals surface area contributed by atoms with E-state index in [2.05, 4.69) is 17.0 Å². The number of alkyl halides is 3. The van der Waals surface area contributed by atoms with Crippen molar-refractivity contribution in [3.63, 3.8) is 0 Å². The van der Waals surface area contributed by atoms with Crippen LogP contribution in [0.25, 0.3) is 0 Å². The lowest BCUT2D eigenvalue weighted by atomic mass is 9.89. The van der Waals surface area contributed by atoms with E-state index in [4.69, 9.17) is 0 Å². The number of carbonyl (C=O) groups excluding carboxylic acids is 1. The zero-order valence-electron chi connectivity index (χ0n) is 13.9. The highest BCUT2D eigenvalue weighted by molar-refractivity contribution is 5.73. The molecule has 1 fully saturated rings. The monoisotopic (exact) mass is 344 g/mol. The first-order valence-electron chi connectivity index (χ1n) is 8.12. The van der Waals surface area contributed by atoms with Gasteiger partial charge in [0.1, 0.15) is 5.75 Å². The van der Waals surface area contributed by atoms with Gasteiger partial charge in [-0.05, 0) is 30.0 Å². The number of hydrogen-bond donors (Lipinski definition) is 1. The van der Waals surface area contributed by atoms with E-state index in [9.17, 15) is 18.0 Å². The van der Waals surface area contributed by atoms with Crippen molar-refractivity contribution < 1.29 is 22.7 Å². The van der Waals surface area contributed by atoms with Gasteiger partial charge in [0.05, 0.1) is 0 Å². The molecule has 1 aliphatic heterocycles. The topological polar surface area (TPSA) is 41.6 Å². The Morgan fingerprint density at radius 1 is 1.42 bits per heavy atom. The highest BCUT2D eigenvalue weighted by atomic mass is 19.4. The SMILES string of the molecule is CC[C@H]1CN(C(C)=O)CC[C@H]1NCc1cccc(OC(F)(F)F)c1. The molecule has 1 saturated heterocycles. The molecule has 0 unspecified atom stereocenters. The van der Waals surface area contributed by atoms with Gasteiger partial charge in [0.15, 0.2) is 0 Å². The van der Waals surface area contributed by atoms with Crippen LogP contribution in [0.3, 0.4) is 0 Å². The predicted octanol–water partition coefficient (Wildman–Crippen LogP) is 3.32. The van der Waals surface area contributed by atoms with Crippen LogP contribution < -0.4 is 10.1 Å². The van der Waals surface area contributed by atoms with Crippen molar-refractivity contribution in [2.24, 2.45) is 5.92 Å². The summed E-state index contributed by atoms with van der Waals surface area (Å²) in [5, 5.41) is 3.41. The van der Waals surface area contributed by atoms with Gasteiger partial charge in [0.2, 0.25) is 5.91 Å². The molecule has 0 bridgehead atoms. The maximum absolute atomic E-state index is 12.3. The molecule has 4 nitrogen and oxygen atoms in total. The van der Waals surface area contributed by atoms with Crippen LogP contribution in [0, 0.1) is 5.92 Å². The number of nitrogens with zero attached hydrogens (tertiary/aromatic N) is 1. The first-order valence-corrected chi connectivity index (χ1v) is 8.12. The van der Waals surface area contributed by atoms with Crippen LogP contribution in [-0.2, 0) is 11.3 Å². The number of rotatable bonds is 5. The number of ether oxygens (including phenoxy) is 1. The Kier molecular flexibility index (Phi) is 6.10. The van der Waals surface area contributed by atoms with E-state index in [0.717, 1.165) is 24.9 Å². The summed E-state index contributed by atoms with van der Waals surface area (Å²) in [6.07, 6.45) is -2.89. The van der Waals surface area contributed by atoms with Crippen LogP contribution >= 0.6 is 0 Å². The third-order valence-corrected chi connectivity index (χ3v) is 4.40. The van der Waals surface area contributed by atoms with E-state index in [0.29, 0.717) is 19.0 Å². The van der Waals surface area contributed by atoms with E-state index >= 15 is 0 Å². The Hall–Kier alpha value is -1.76. The van der Waals surface area contributed by atoms with Gasteiger partial charge >= 0.3 is 6.36 Å². The smallest absolute Gasteiger partial charge is 0.406 e. The molecule has 1 amide bonds. The number of likely N-dealkylation sites (tertiary alicyclic amines) is 1. The van der Waals surface area contributed by atoms with Crippen LogP contribution in [0.4, 0.5) is 13.2 Å². The van der Waals surface area contributed by atoms with Crippen LogP contribution in [0.5, 0.6) is 5.75 Å². The average molecular weight is 344 g/mol. The molecule has 134 valence electrons. The molecule has 7 heteroatoms. The van der Waals surface area contributed by atoms with Crippen molar-refractivity contribution in [3.05, 3.63) is 29.8 Å². The van der Waals surface area contributed by atoms with Crippen LogP contribution in [-0.4, -0.2) is 36.3 Å². The number of nitrogens with one attached hydrogen (secondary N) is 1. The fourth-order valence-electron chi connectivity index (χ4n) is 3.10. The predicted molar refractivity (Wildman–Crippen MR) is 84.4 cm³/mol. The van der Waals surface area contributed by atoms with Crippen molar-refractivity contribution >= 4 is 5.91 Å². The van der Waals surface area contributed by atoms with Crippen molar-refractivity contribution in [2.45, 2.75) is 45.6 Å². The lowest BCUT2D eigenvalue weighted by molar-refractivity contribution is -0.274. The van der Waals surface area contributed by atoms with Gasteiger partial charge in [0.25, 0.3) is 0 Å². The fraction of sp³-hybridized carbons (Fsp3) is 0.588. The minimum absolute atomic E-state index is 0.0869. The number of hydrogen-bond acceptors (Lipinski definition) is 3. The van der Waals surface area contributed by atoms with Gasteiger partial charge in [-0.2, -0.15) is 0 Å². The molecular formula is C17H23F3N2O2. The molecule has 0 saturated carbocycles. The van der Waals surface area contributed by atoms with Gasteiger partial charge in [-0.3, -0.25) is 4.79 Å². The number of carbonyl (C=O) groups is 1. The number of benzene rings is 1. The van der Waals surface area contributed by atoms with E-state index < -0.39 is 6.36 Å². The molecule has 24 heavy (non-hydrogen) atoms. The van der Waals surface area contributed by atoms with E-state index in [1.807, 2.05) is 4.90 Å². The zero-order valence-corrected chi connectivity index (χ0v) is 13.9. The highest BCUT2D eigenvalue weighted by Gasteiger charge is 2.31. The first kappa shape index (κ1) is 18.6. The molecule has 0 spiro atoms. The highest BCUT2D eigenvalue weighted by Crippen LogP contribution is 2.24. The van der Waals surface area contributed by atoms with Crippen LogP contribution in [0.2, 0.25) is 0 Å². The summed E-state index contributed by atoms with van der Waals surface area (Å²) in [7, 11) is 0. The third kappa shape index (κ3) is 5.40. The van der Waals surface area contributed by atoms with Gasteiger partial charge in [-0.25, -0.2) is 0 Å². The molecule has 2 rings (SSSR count). The van der Waals surface area contributed by atoms with E-state index in [1.54, 1.807) is 19.1 Å². The molecule has 1 heterocycles. The quantitative estimate of drug-likeness (QED) is 0.891. The Morgan fingerprint density at radius 3 is 2.79 bits per heavy atom. The molecule has 1 aliphatic rings. The molecule has 0 radical (unpaired) electrons. The zero-order chi connectivity index (χ0) is 17.7. The molecule has 2 atom stereocenters. The molecule has 1 aromatic rings. The Labute approximate surface area is 140 Å². The van der Waals surface area contributed by atoms with Crippen molar-refractivity contribution in [2.75, 3.05) is 13.1 Å². The molecule has 0 aromatic heterocycles. The Bertz CT molecular complexity index is 563. The molecule has 0 aliphatic carbocycles.